The first kappa shape index (κ1) is 38.7. The lowest BCUT2D eigenvalue weighted by molar-refractivity contribution is -0.130. The van der Waals surface area contributed by atoms with E-state index in [9.17, 15) is 14.4 Å². The number of amides is 3. The van der Waals surface area contributed by atoms with E-state index in [1.807, 2.05) is 79.7 Å². The van der Waals surface area contributed by atoms with Gasteiger partial charge in [-0.05, 0) is 75.5 Å². The summed E-state index contributed by atoms with van der Waals surface area (Å²) in [5.41, 5.74) is 4.10. The van der Waals surface area contributed by atoms with Crippen LogP contribution in [0.1, 0.15) is 55.3 Å². The molecule has 1 aliphatic rings. The van der Waals surface area contributed by atoms with Gasteiger partial charge in [0.2, 0.25) is 5.91 Å². The molecule has 10 nitrogen and oxygen atoms in total. The lowest BCUT2D eigenvalue weighted by Gasteiger charge is -2.32. The average Bonchev–Trinajstić information content (AvgIpc) is 3.13. The minimum atomic E-state index is -0.431. The smallest absolute Gasteiger partial charge is 0.411 e. The minimum Gasteiger partial charge on any atom is -0.446 e. The first-order chi connectivity index (χ1) is 24.2. The summed E-state index contributed by atoms with van der Waals surface area (Å²) in [6.45, 7) is 5.41. The zero-order chi connectivity index (χ0) is 35.7. The fourth-order valence-corrected chi connectivity index (χ4v) is 6.28. The molecule has 0 aromatic heterocycles. The Morgan fingerprint density at radius 1 is 0.860 bits per heavy atom. The molecule has 0 unspecified atom stereocenters. The van der Waals surface area contributed by atoms with Gasteiger partial charge in [-0.2, -0.15) is 0 Å². The topological polar surface area (TPSA) is 106 Å². The number of ether oxygens (including phenoxy) is 1. The highest BCUT2D eigenvalue weighted by molar-refractivity contribution is 6.34. The molecular weight excluding hydrogens is 652 g/mol. The van der Waals surface area contributed by atoms with E-state index in [1.54, 1.807) is 24.1 Å². The van der Waals surface area contributed by atoms with Crippen molar-refractivity contribution < 1.29 is 19.1 Å². The van der Waals surface area contributed by atoms with Crippen molar-refractivity contribution in [1.82, 2.24) is 20.0 Å². The highest BCUT2D eigenvalue weighted by atomic mass is 35.5. The van der Waals surface area contributed by atoms with Crippen molar-refractivity contribution in [2.75, 3.05) is 77.6 Å². The predicted molar refractivity (Wildman–Crippen MR) is 203 cm³/mol. The number of piperidine rings is 1. The zero-order valence-electron chi connectivity index (χ0n) is 29.8. The number of carbonyl (C=O) groups excluding carboxylic acids is 3. The molecule has 270 valence electrons. The van der Waals surface area contributed by atoms with Crippen molar-refractivity contribution in [2.45, 2.75) is 51.0 Å². The van der Waals surface area contributed by atoms with Gasteiger partial charge >= 0.3 is 6.09 Å². The third-order valence-electron chi connectivity index (χ3n) is 9.10. The van der Waals surface area contributed by atoms with Crippen LogP contribution >= 0.6 is 11.6 Å². The maximum Gasteiger partial charge on any atom is 0.411 e. The van der Waals surface area contributed by atoms with E-state index >= 15 is 0 Å². The van der Waals surface area contributed by atoms with Gasteiger partial charge in [-0.3, -0.25) is 14.9 Å². The van der Waals surface area contributed by atoms with E-state index in [0.717, 1.165) is 93.8 Å². The molecule has 3 aromatic carbocycles. The molecule has 0 aliphatic carbocycles. The monoisotopic (exact) mass is 704 g/mol. The van der Waals surface area contributed by atoms with Crippen molar-refractivity contribution in [3.8, 4) is 11.1 Å². The van der Waals surface area contributed by atoms with E-state index < -0.39 is 6.09 Å². The quantitative estimate of drug-likeness (QED) is 0.125. The molecule has 0 radical (unpaired) electrons. The Hall–Kier alpha value is -4.12. The van der Waals surface area contributed by atoms with Crippen molar-refractivity contribution >= 4 is 40.9 Å². The summed E-state index contributed by atoms with van der Waals surface area (Å²) in [5.74, 6) is 0.0804. The van der Waals surface area contributed by atoms with Crippen LogP contribution in [0.3, 0.4) is 0 Å². The van der Waals surface area contributed by atoms with Gasteiger partial charge in [0.15, 0.2) is 0 Å². The Morgan fingerprint density at radius 3 is 2.34 bits per heavy atom. The number of hydrogen-bond donors (Lipinski definition) is 3. The number of nitrogens with one attached hydrogen (secondary N) is 3. The second kappa shape index (κ2) is 20.5. The number of para-hydroxylation sites is 1. The lowest BCUT2D eigenvalue weighted by atomic mass is 10.0. The number of rotatable bonds is 18. The summed E-state index contributed by atoms with van der Waals surface area (Å²) >= 11 is 6.44. The van der Waals surface area contributed by atoms with Crippen LogP contribution in [0, 0.1) is 0 Å². The number of anilines is 2. The van der Waals surface area contributed by atoms with Gasteiger partial charge in [0.25, 0.3) is 5.91 Å². The summed E-state index contributed by atoms with van der Waals surface area (Å²) in [6.07, 6.45) is 5.08. The van der Waals surface area contributed by atoms with Gasteiger partial charge in [0.05, 0.1) is 16.3 Å². The molecule has 3 aromatic rings. The third kappa shape index (κ3) is 12.3. The van der Waals surface area contributed by atoms with Gasteiger partial charge in [-0.25, -0.2) is 4.79 Å². The van der Waals surface area contributed by atoms with Gasteiger partial charge in [-0.1, -0.05) is 66.6 Å². The second-order valence-corrected chi connectivity index (χ2v) is 13.3. The summed E-state index contributed by atoms with van der Waals surface area (Å²) in [4.78, 5) is 44.0. The summed E-state index contributed by atoms with van der Waals surface area (Å²) in [6, 6.07) is 23.2. The van der Waals surface area contributed by atoms with Crippen LogP contribution in [-0.2, 0) is 9.53 Å². The molecule has 1 fully saturated rings. The van der Waals surface area contributed by atoms with Gasteiger partial charge in [0, 0.05) is 71.0 Å². The van der Waals surface area contributed by atoms with Crippen LogP contribution in [0.2, 0.25) is 5.02 Å². The molecule has 4 rings (SSSR count). The van der Waals surface area contributed by atoms with Crippen molar-refractivity contribution in [1.29, 1.82) is 0 Å². The van der Waals surface area contributed by atoms with E-state index in [4.69, 9.17) is 16.3 Å². The number of likely N-dealkylation sites (N-methyl/N-ethyl adjacent to an activating group) is 1. The molecular formula is C39H53ClN6O4. The van der Waals surface area contributed by atoms with Crippen LogP contribution in [0.4, 0.5) is 16.2 Å². The first-order valence-corrected chi connectivity index (χ1v) is 18.1. The van der Waals surface area contributed by atoms with E-state index in [0.29, 0.717) is 30.1 Å². The van der Waals surface area contributed by atoms with E-state index in [1.165, 1.54) is 0 Å². The third-order valence-corrected chi connectivity index (χ3v) is 9.41. The summed E-state index contributed by atoms with van der Waals surface area (Å²) in [7, 11) is 5.56. The largest absolute Gasteiger partial charge is 0.446 e. The molecule has 1 aliphatic heterocycles. The van der Waals surface area contributed by atoms with Crippen LogP contribution in [0.5, 0.6) is 0 Å². The Labute approximate surface area is 302 Å². The Kier molecular flexibility index (Phi) is 15.9. The molecule has 50 heavy (non-hydrogen) atoms. The van der Waals surface area contributed by atoms with Crippen LogP contribution < -0.4 is 16.0 Å². The fraction of sp³-hybridized carbons (Fsp3) is 0.462. The molecule has 1 heterocycles. The Balaban J connectivity index is 1.06. The number of likely N-dealkylation sites (tertiary alicyclic amines) is 1. The average molecular weight is 705 g/mol. The number of carbonyl (C=O) groups is 3. The highest BCUT2D eigenvalue weighted by Gasteiger charge is 2.23. The maximum absolute atomic E-state index is 12.7. The Morgan fingerprint density at radius 2 is 1.60 bits per heavy atom. The molecule has 0 spiro atoms. The van der Waals surface area contributed by atoms with Gasteiger partial charge in [0.1, 0.15) is 6.10 Å². The normalized spacial score (nSPS) is 13.4. The molecule has 3 amide bonds. The minimum absolute atomic E-state index is 0.0785. The molecule has 3 N–H and O–H groups in total. The second-order valence-electron chi connectivity index (χ2n) is 12.9. The van der Waals surface area contributed by atoms with Gasteiger partial charge in [-0.15, -0.1) is 0 Å². The number of unbranched alkanes of at least 4 members (excludes halogenated alkanes) is 2. The number of benzene rings is 3. The number of nitrogens with zero attached hydrogens (tertiary/aromatic N) is 3. The maximum atomic E-state index is 12.7. The van der Waals surface area contributed by atoms with Crippen LogP contribution in [0.15, 0.2) is 72.8 Å². The standard InChI is InChI=1S/C39H53ClN6O4/c1-41-22-12-24-45(3)38(48)34-19-18-31(29-35(34)40)42-23-11-5-8-17-37(47)44(2)27-28-46-25-20-32(21-26-46)50-39(49)43-36-16-10-9-15-33(36)30-13-6-4-7-14-30/h4,6-7,9-10,13-16,18-19,29,32,41-42H,5,8,11-12,17,20-28H2,1-3H3,(H,43,49). The first-order valence-electron chi connectivity index (χ1n) is 17.8. The fourth-order valence-electron chi connectivity index (χ4n) is 6.02. The van der Waals surface area contributed by atoms with Crippen LogP contribution in [-0.4, -0.2) is 106 Å². The van der Waals surface area contributed by atoms with Crippen molar-refractivity contribution in [3.63, 3.8) is 0 Å². The van der Waals surface area contributed by atoms with Crippen molar-refractivity contribution in [2.24, 2.45) is 0 Å². The molecule has 1 saturated heterocycles. The highest BCUT2D eigenvalue weighted by Crippen LogP contribution is 2.28. The van der Waals surface area contributed by atoms with Crippen molar-refractivity contribution in [3.05, 3.63) is 83.4 Å². The summed E-state index contributed by atoms with van der Waals surface area (Å²) < 4.78 is 5.77. The number of hydrogen-bond acceptors (Lipinski definition) is 7. The van der Waals surface area contributed by atoms with Crippen LogP contribution in [0.25, 0.3) is 11.1 Å². The van der Waals surface area contributed by atoms with Gasteiger partial charge < -0.3 is 30.1 Å². The zero-order valence-corrected chi connectivity index (χ0v) is 30.5. The predicted octanol–water partition coefficient (Wildman–Crippen LogP) is 6.83. The van der Waals surface area contributed by atoms with E-state index in [2.05, 4.69) is 20.9 Å². The SMILES string of the molecule is CNCCCN(C)C(=O)c1ccc(NCCCCCC(=O)N(C)CCN2CCC(OC(=O)Nc3ccccc3-c3ccccc3)CC2)cc1Cl. The Bertz CT molecular complexity index is 1520. The molecule has 0 bridgehead atoms. The molecule has 11 heteroatoms. The lowest BCUT2D eigenvalue weighted by Crippen LogP contribution is -2.42. The number of halogens is 1. The molecule has 0 atom stereocenters. The molecule has 0 saturated carbocycles. The summed E-state index contributed by atoms with van der Waals surface area (Å²) in [5, 5.41) is 9.83. The van der Waals surface area contributed by atoms with E-state index in [-0.39, 0.29) is 17.9 Å².